The van der Waals surface area contributed by atoms with Gasteiger partial charge in [0, 0.05) is 35.0 Å². The molecule has 0 heterocycles. The van der Waals surface area contributed by atoms with E-state index in [4.69, 9.17) is 21.6 Å². The van der Waals surface area contributed by atoms with Gasteiger partial charge in [-0.3, -0.25) is 0 Å². The molecule has 2 rings (SSSR count). The van der Waals surface area contributed by atoms with E-state index in [9.17, 15) is 0 Å². The van der Waals surface area contributed by atoms with E-state index in [2.05, 4.69) is 25.2 Å². The molecule has 0 atom stereocenters. The summed E-state index contributed by atoms with van der Waals surface area (Å²) in [6.07, 6.45) is 2.77. The van der Waals surface area contributed by atoms with Crippen molar-refractivity contribution in [2.24, 2.45) is 5.41 Å². The van der Waals surface area contributed by atoms with Gasteiger partial charge in [0.1, 0.15) is 5.75 Å². The summed E-state index contributed by atoms with van der Waals surface area (Å²) in [6.45, 7) is 5.57. The Morgan fingerprint density at radius 3 is 2.80 bits per heavy atom. The summed E-state index contributed by atoms with van der Waals surface area (Å²) in [7, 11) is 0. The van der Waals surface area contributed by atoms with Gasteiger partial charge in [0.2, 0.25) is 0 Å². The Morgan fingerprint density at radius 1 is 1.45 bits per heavy atom. The molecule has 4 heteroatoms. The number of benzene rings is 1. The minimum atomic E-state index is 0.0944. The Kier molecular flexibility index (Phi) is 4.91. The SMILES string of the molecule is CC(C)NCc1cc(Cl)ccc1OCC1(CC#N)CC1. The molecule has 1 aliphatic carbocycles. The van der Waals surface area contributed by atoms with E-state index in [1.54, 1.807) is 0 Å². The lowest BCUT2D eigenvalue weighted by molar-refractivity contribution is 0.234. The lowest BCUT2D eigenvalue weighted by atomic mass is 10.1. The minimum Gasteiger partial charge on any atom is -0.493 e. The number of rotatable bonds is 7. The highest BCUT2D eigenvalue weighted by Gasteiger charge is 2.43. The van der Waals surface area contributed by atoms with Gasteiger partial charge in [0.25, 0.3) is 0 Å². The molecule has 0 aromatic heterocycles. The molecule has 0 unspecified atom stereocenters. The first-order valence-electron chi connectivity index (χ1n) is 7.06. The van der Waals surface area contributed by atoms with Crippen LogP contribution in [0.4, 0.5) is 0 Å². The van der Waals surface area contributed by atoms with E-state index < -0.39 is 0 Å². The lowest BCUT2D eigenvalue weighted by Gasteiger charge is -2.17. The average molecular weight is 293 g/mol. The molecule has 0 bridgehead atoms. The zero-order chi connectivity index (χ0) is 14.6. The van der Waals surface area contributed by atoms with Crippen molar-refractivity contribution in [2.75, 3.05) is 6.61 Å². The summed E-state index contributed by atoms with van der Waals surface area (Å²) in [4.78, 5) is 0. The van der Waals surface area contributed by atoms with Gasteiger partial charge in [-0.1, -0.05) is 25.4 Å². The van der Waals surface area contributed by atoms with Gasteiger partial charge in [-0.15, -0.1) is 0 Å². The fourth-order valence-electron chi connectivity index (χ4n) is 2.09. The second-order valence-corrected chi connectivity index (χ2v) is 6.35. The summed E-state index contributed by atoms with van der Waals surface area (Å²) in [5.41, 5.74) is 1.16. The number of nitrogens with zero attached hydrogens (tertiary/aromatic N) is 1. The maximum Gasteiger partial charge on any atom is 0.123 e. The third kappa shape index (κ3) is 4.13. The maximum absolute atomic E-state index is 8.84. The zero-order valence-electron chi connectivity index (χ0n) is 12.1. The third-order valence-electron chi connectivity index (χ3n) is 3.67. The van der Waals surface area contributed by atoms with Gasteiger partial charge in [-0.2, -0.15) is 5.26 Å². The van der Waals surface area contributed by atoms with E-state index in [1.165, 1.54) is 0 Å². The standard InChI is InChI=1S/C16H21ClN2O/c1-12(2)19-10-13-9-14(17)3-4-15(13)20-11-16(5-6-16)7-8-18/h3-4,9,12,19H,5-7,10-11H2,1-2H3. The molecule has 1 saturated carbocycles. The van der Waals surface area contributed by atoms with Crippen LogP contribution in [0.1, 0.15) is 38.7 Å². The second kappa shape index (κ2) is 6.47. The molecule has 1 aromatic carbocycles. The Bertz CT molecular complexity index is 504. The first-order chi connectivity index (χ1) is 9.54. The molecule has 3 nitrogen and oxygen atoms in total. The number of nitriles is 1. The summed E-state index contributed by atoms with van der Waals surface area (Å²) < 4.78 is 5.95. The largest absolute Gasteiger partial charge is 0.493 e. The second-order valence-electron chi connectivity index (χ2n) is 5.91. The average Bonchev–Trinajstić information content (AvgIpc) is 3.16. The molecule has 1 aliphatic rings. The molecule has 0 spiro atoms. The molecular formula is C16H21ClN2O. The van der Waals surface area contributed by atoms with Crippen molar-refractivity contribution in [3.05, 3.63) is 28.8 Å². The maximum atomic E-state index is 8.84. The van der Waals surface area contributed by atoms with Gasteiger partial charge < -0.3 is 10.1 Å². The van der Waals surface area contributed by atoms with Crippen LogP contribution in [0, 0.1) is 16.7 Å². The molecule has 0 aliphatic heterocycles. The van der Waals surface area contributed by atoms with Crippen LogP contribution < -0.4 is 10.1 Å². The predicted molar refractivity (Wildman–Crippen MR) is 80.8 cm³/mol. The van der Waals surface area contributed by atoms with Crippen molar-refractivity contribution in [1.82, 2.24) is 5.32 Å². The molecule has 1 fully saturated rings. The number of nitrogens with one attached hydrogen (secondary N) is 1. The molecule has 108 valence electrons. The molecule has 1 aromatic rings. The van der Waals surface area contributed by atoms with Crippen molar-refractivity contribution in [3.63, 3.8) is 0 Å². The number of hydrogen-bond donors (Lipinski definition) is 1. The first kappa shape index (κ1) is 15.2. The molecule has 20 heavy (non-hydrogen) atoms. The normalized spacial score (nSPS) is 15.9. The third-order valence-corrected chi connectivity index (χ3v) is 3.90. The topological polar surface area (TPSA) is 45.0 Å². The molecule has 1 N–H and O–H groups in total. The van der Waals surface area contributed by atoms with E-state index in [0.717, 1.165) is 35.7 Å². The van der Waals surface area contributed by atoms with E-state index in [-0.39, 0.29) is 5.41 Å². The molecule has 0 radical (unpaired) electrons. The van der Waals surface area contributed by atoms with Crippen LogP contribution in [0.25, 0.3) is 0 Å². The smallest absolute Gasteiger partial charge is 0.123 e. The van der Waals surface area contributed by atoms with Crippen LogP contribution >= 0.6 is 11.6 Å². The van der Waals surface area contributed by atoms with Crippen LogP contribution in [-0.2, 0) is 6.54 Å². The highest BCUT2D eigenvalue weighted by atomic mass is 35.5. The van der Waals surface area contributed by atoms with Crippen LogP contribution in [0.15, 0.2) is 18.2 Å². The van der Waals surface area contributed by atoms with Gasteiger partial charge in [-0.25, -0.2) is 0 Å². The van der Waals surface area contributed by atoms with E-state index in [1.807, 2.05) is 18.2 Å². The van der Waals surface area contributed by atoms with Crippen molar-refractivity contribution < 1.29 is 4.74 Å². The lowest BCUT2D eigenvalue weighted by Crippen LogP contribution is -2.22. The van der Waals surface area contributed by atoms with Crippen molar-refractivity contribution >= 4 is 11.6 Å². The predicted octanol–water partition coefficient (Wildman–Crippen LogP) is 3.91. The number of ether oxygens (including phenoxy) is 1. The summed E-state index contributed by atoms with van der Waals surface area (Å²) in [5.74, 6) is 0.867. The van der Waals surface area contributed by atoms with E-state index in [0.29, 0.717) is 19.1 Å². The Morgan fingerprint density at radius 2 is 2.20 bits per heavy atom. The van der Waals surface area contributed by atoms with Gasteiger partial charge >= 0.3 is 0 Å². The zero-order valence-corrected chi connectivity index (χ0v) is 12.8. The quantitative estimate of drug-likeness (QED) is 0.829. The summed E-state index contributed by atoms with van der Waals surface area (Å²) in [6, 6.07) is 8.38. The van der Waals surface area contributed by atoms with E-state index >= 15 is 0 Å². The molecular weight excluding hydrogens is 272 g/mol. The fraction of sp³-hybridized carbons (Fsp3) is 0.562. The summed E-state index contributed by atoms with van der Waals surface area (Å²) >= 11 is 6.06. The number of hydrogen-bond acceptors (Lipinski definition) is 3. The van der Waals surface area contributed by atoms with Crippen LogP contribution in [-0.4, -0.2) is 12.6 Å². The van der Waals surface area contributed by atoms with Gasteiger partial charge in [0.15, 0.2) is 0 Å². The summed E-state index contributed by atoms with van der Waals surface area (Å²) in [5, 5.41) is 12.9. The van der Waals surface area contributed by atoms with Crippen molar-refractivity contribution in [3.8, 4) is 11.8 Å². The van der Waals surface area contributed by atoms with Crippen LogP contribution in [0.2, 0.25) is 5.02 Å². The minimum absolute atomic E-state index is 0.0944. The molecule has 0 amide bonds. The van der Waals surface area contributed by atoms with Crippen molar-refractivity contribution in [1.29, 1.82) is 5.26 Å². The Labute approximate surface area is 125 Å². The van der Waals surface area contributed by atoms with Gasteiger partial charge in [0.05, 0.1) is 12.7 Å². The Balaban J connectivity index is 2.01. The number of halogens is 1. The van der Waals surface area contributed by atoms with Crippen LogP contribution in [0.3, 0.4) is 0 Å². The van der Waals surface area contributed by atoms with Crippen molar-refractivity contribution in [2.45, 2.75) is 45.7 Å². The van der Waals surface area contributed by atoms with Gasteiger partial charge in [-0.05, 0) is 31.0 Å². The van der Waals surface area contributed by atoms with Crippen LogP contribution in [0.5, 0.6) is 5.75 Å². The fourth-order valence-corrected chi connectivity index (χ4v) is 2.28. The monoisotopic (exact) mass is 292 g/mol. The Hall–Kier alpha value is -1.24. The first-order valence-corrected chi connectivity index (χ1v) is 7.44. The highest BCUT2D eigenvalue weighted by molar-refractivity contribution is 6.30. The highest BCUT2D eigenvalue weighted by Crippen LogP contribution is 2.48. The molecule has 0 saturated heterocycles.